The summed E-state index contributed by atoms with van der Waals surface area (Å²) in [6, 6.07) is 0. The van der Waals surface area contributed by atoms with Crippen LogP contribution in [-0.2, 0) is 0 Å². The fourth-order valence-electron chi connectivity index (χ4n) is 1.92. The van der Waals surface area contributed by atoms with Crippen molar-refractivity contribution in [3.63, 3.8) is 0 Å². The molecule has 1 nitrogen and oxygen atoms in total. The van der Waals surface area contributed by atoms with Gasteiger partial charge in [-0.1, -0.05) is 19.3 Å². The highest BCUT2D eigenvalue weighted by atomic mass is 19.1. The Labute approximate surface area is 73.8 Å². The Kier molecular flexibility index (Phi) is 4.07. The molecule has 1 aliphatic rings. The van der Waals surface area contributed by atoms with Gasteiger partial charge >= 0.3 is 0 Å². The summed E-state index contributed by atoms with van der Waals surface area (Å²) in [4.78, 5) is 3.18. The Morgan fingerprint density at radius 2 is 2.00 bits per heavy atom. The average molecular weight is 169 g/mol. The zero-order chi connectivity index (χ0) is 8.81. The van der Waals surface area contributed by atoms with Crippen LogP contribution in [0.5, 0.6) is 0 Å². The number of rotatable bonds is 3. The molecular weight excluding hydrogens is 153 g/mol. The molecular formula is C10H16FN. The van der Waals surface area contributed by atoms with E-state index in [0.29, 0.717) is 13.0 Å². The lowest BCUT2D eigenvalue weighted by Gasteiger charge is -2.23. The smallest absolute Gasteiger partial charge is 0.217 e. The maximum atomic E-state index is 13.3. The SMILES string of the molecule is [C-]#[N+]CCC(F)C1CCCCC1. The number of alkyl halides is 1. The van der Waals surface area contributed by atoms with Crippen LogP contribution >= 0.6 is 0 Å². The molecule has 0 aliphatic heterocycles. The molecule has 12 heavy (non-hydrogen) atoms. The van der Waals surface area contributed by atoms with E-state index in [2.05, 4.69) is 4.85 Å². The van der Waals surface area contributed by atoms with E-state index in [9.17, 15) is 4.39 Å². The predicted octanol–water partition coefficient (Wildman–Crippen LogP) is 3.21. The van der Waals surface area contributed by atoms with Gasteiger partial charge in [0.2, 0.25) is 6.54 Å². The molecule has 0 aromatic rings. The van der Waals surface area contributed by atoms with Gasteiger partial charge in [0.1, 0.15) is 6.17 Å². The molecule has 2 heteroatoms. The molecule has 1 atom stereocenters. The summed E-state index contributed by atoms with van der Waals surface area (Å²) in [5.74, 6) is 0.264. The highest BCUT2D eigenvalue weighted by Gasteiger charge is 2.23. The fourth-order valence-corrected chi connectivity index (χ4v) is 1.92. The molecule has 0 bridgehead atoms. The first-order valence-electron chi connectivity index (χ1n) is 4.82. The Morgan fingerprint density at radius 1 is 1.33 bits per heavy atom. The topological polar surface area (TPSA) is 4.36 Å². The van der Waals surface area contributed by atoms with E-state index in [1.54, 1.807) is 0 Å². The first kappa shape index (κ1) is 9.51. The normalized spacial score (nSPS) is 21.7. The van der Waals surface area contributed by atoms with Gasteiger partial charge in [0.25, 0.3) is 0 Å². The number of nitrogens with zero attached hydrogens (tertiary/aromatic N) is 1. The zero-order valence-corrected chi connectivity index (χ0v) is 7.43. The summed E-state index contributed by atoms with van der Waals surface area (Å²) in [6.07, 6.45) is 5.46. The van der Waals surface area contributed by atoms with Gasteiger partial charge in [0.05, 0.1) is 6.42 Å². The molecule has 1 unspecified atom stereocenters. The zero-order valence-electron chi connectivity index (χ0n) is 7.43. The van der Waals surface area contributed by atoms with Crippen LogP contribution in [-0.4, -0.2) is 12.7 Å². The lowest BCUT2D eigenvalue weighted by atomic mass is 9.85. The van der Waals surface area contributed by atoms with Gasteiger partial charge in [-0.25, -0.2) is 11.0 Å². The summed E-state index contributed by atoms with van der Waals surface area (Å²) in [6.45, 7) is 6.93. The van der Waals surface area contributed by atoms with E-state index in [-0.39, 0.29) is 5.92 Å². The number of hydrogen-bond donors (Lipinski definition) is 0. The quantitative estimate of drug-likeness (QED) is 0.571. The van der Waals surface area contributed by atoms with Crippen molar-refractivity contribution in [3.05, 3.63) is 11.4 Å². The number of hydrogen-bond acceptors (Lipinski definition) is 0. The van der Waals surface area contributed by atoms with E-state index >= 15 is 0 Å². The standard InChI is InChI=1S/C10H16FN/c1-12-8-7-10(11)9-5-3-2-4-6-9/h9-10H,2-8H2. The van der Waals surface area contributed by atoms with Gasteiger partial charge in [0.15, 0.2) is 0 Å². The van der Waals surface area contributed by atoms with Crippen LogP contribution in [0, 0.1) is 12.5 Å². The summed E-state index contributed by atoms with van der Waals surface area (Å²) in [5.41, 5.74) is 0. The molecule has 68 valence electrons. The number of halogens is 1. The van der Waals surface area contributed by atoms with Crippen molar-refractivity contribution in [1.29, 1.82) is 0 Å². The summed E-state index contributed by atoms with van der Waals surface area (Å²) < 4.78 is 13.3. The van der Waals surface area contributed by atoms with Crippen molar-refractivity contribution in [2.24, 2.45) is 5.92 Å². The largest absolute Gasteiger partial charge is 0.317 e. The molecule has 1 saturated carbocycles. The molecule has 0 radical (unpaired) electrons. The van der Waals surface area contributed by atoms with Crippen molar-refractivity contribution >= 4 is 0 Å². The monoisotopic (exact) mass is 169 g/mol. The van der Waals surface area contributed by atoms with Gasteiger partial charge in [-0.3, -0.25) is 0 Å². The minimum Gasteiger partial charge on any atom is -0.317 e. The van der Waals surface area contributed by atoms with Gasteiger partial charge in [-0.15, -0.1) is 0 Å². The minimum absolute atomic E-state index is 0.264. The molecule has 0 heterocycles. The molecule has 0 saturated heterocycles. The molecule has 1 fully saturated rings. The Hall–Kier alpha value is -0.580. The van der Waals surface area contributed by atoms with E-state index in [1.165, 1.54) is 19.3 Å². The van der Waals surface area contributed by atoms with Crippen LogP contribution in [0.2, 0.25) is 0 Å². The summed E-state index contributed by atoms with van der Waals surface area (Å²) in [5, 5.41) is 0. The van der Waals surface area contributed by atoms with Gasteiger partial charge < -0.3 is 4.85 Å². The first-order chi connectivity index (χ1) is 5.84. The van der Waals surface area contributed by atoms with Crippen LogP contribution in [0.4, 0.5) is 4.39 Å². The van der Waals surface area contributed by atoms with E-state index in [1.807, 2.05) is 0 Å². The lowest BCUT2D eigenvalue weighted by molar-refractivity contribution is 0.175. The second kappa shape index (κ2) is 5.13. The summed E-state index contributed by atoms with van der Waals surface area (Å²) in [7, 11) is 0. The van der Waals surface area contributed by atoms with Gasteiger partial charge in [-0.05, 0) is 18.8 Å². The van der Waals surface area contributed by atoms with Crippen molar-refractivity contribution in [2.45, 2.75) is 44.7 Å². The third kappa shape index (κ3) is 2.81. The minimum atomic E-state index is -0.709. The maximum absolute atomic E-state index is 13.3. The van der Waals surface area contributed by atoms with Crippen LogP contribution in [0.3, 0.4) is 0 Å². The van der Waals surface area contributed by atoms with Crippen molar-refractivity contribution < 1.29 is 4.39 Å². The third-order valence-electron chi connectivity index (χ3n) is 2.68. The van der Waals surface area contributed by atoms with Crippen LogP contribution in [0.25, 0.3) is 4.85 Å². The lowest BCUT2D eigenvalue weighted by Crippen LogP contribution is -2.19. The third-order valence-corrected chi connectivity index (χ3v) is 2.68. The highest BCUT2D eigenvalue weighted by Crippen LogP contribution is 2.29. The molecule has 0 spiro atoms. The first-order valence-corrected chi connectivity index (χ1v) is 4.82. The summed E-state index contributed by atoms with van der Waals surface area (Å²) >= 11 is 0. The predicted molar refractivity (Wildman–Crippen MR) is 47.6 cm³/mol. The van der Waals surface area contributed by atoms with Gasteiger partial charge in [-0.2, -0.15) is 0 Å². The molecule has 1 aliphatic carbocycles. The molecule has 0 aromatic carbocycles. The van der Waals surface area contributed by atoms with Crippen molar-refractivity contribution in [2.75, 3.05) is 6.54 Å². The second-order valence-corrected chi connectivity index (χ2v) is 3.58. The van der Waals surface area contributed by atoms with Crippen LogP contribution in [0.1, 0.15) is 38.5 Å². The molecule has 1 rings (SSSR count). The van der Waals surface area contributed by atoms with Crippen molar-refractivity contribution in [3.8, 4) is 0 Å². The van der Waals surface area contributed by atoms with Crippen LogP contribution < -0.4 is 0 Å². The fraction of sp³-hybridized carbons (Fsp3) is 0.900. The van der Waals surface area contributed by atoms with Crippen molar-refractivity contribution in [1.82, 2.24) is 0 Å². The molecule has 0 amide bonds. The molecule has 0 N–H and O–H groups in total. The van der Waals surface area contributed by atoms with Crippen LogP contribution in [0.15, 0.2) is 0 Å². The van der Waals surface area contributed by atoms with E-state index < -0.39 is 6.17 Å². The Morgan fingerprint density at radius 3 is 2.58 bits per heavy atom. The van der Waals surface area contributed by atoms with Gasteiger partial charge in [0, 0.05) is 0 Å². The Balaban J connectivity index is 2.21. The molecule has 0 aromatic heterocycles. The average Bonchev–Trinajstić information content (AvgIpc) is 2.15. The Bertz CT molecular complexity index is 156. The van der Waals surface area contributed by atoms with E-state index in [4.69, 9.17) is 6.57 Å². The second-order valence-electron chi connectivity index (χ2n) is 3.58. The van der Waals surface area contributed by atoms with E-state index in [0.717, 1.165) is 12.8 Å². The highest BCUT2D eigenvalue weighted by molar-refractivity contribution is 4.76. The maximum Gasteiger partial charge on any atom is 0.217 e.